The molecular formula is C17H24FN3O4S. The van der Waals surface area contributed by atoms with Crippen LogP contribution in [0.15, 0.2) is 12.1 Å². The summed E-state index contributed by atoms with van der Waals surface area (Å²) in [5.41, 5.74) is 0.0979. The maximum absolute atomic E-state index is 14.5. The molecular weight excluding hydrogens is 361 g/mol. The van der Waals surface area contributed by atoms with Gasteiger partial charge in [-0.15, -0.1) is 0 Å². The summed E-state index contributed by atoms with van der Waals surface area (Å²) in [6.45, 7) is 6.66. The highest BCUT2D eigenvalue weighted by atomic mass is 32.2. The molecule has 0 aliphatic carbocycles. The molecule has 1 aromatic carbocycles. The van der Waals surface area contributed by atoms with Crippen LogP contribution in [0.3, 0.4) is 0 Å². The average Bonchev–Trinajstić information content (AvgIpc) is 3.09. The first kappa shape index (κ1) is 18.9. The van der Waals surface area contributed by atoms with E-state index in [1.54, 1.807) is 4.72 Å². The van der Waals surface area contributed by atoms with Gasteiger partial charge < -0.3 is 10.0 Å². The Morgan fingerprint density at radius 1 is 1.38 bits per heavy atom. The van der Waals surface area contributed by atoms with Crippen LogP contribution in [-0.2, 0) is 21.4 Å². The first-order valence-corrected chi connectivity index (χ1v) is 10.2. The monoisotopic (exact) mass is 385 g/mol. The number of carbonyl (C=O) groups is 1. The van der Waals surface area contributed by atoms with E-state index in [0.29, 0.717) is 28.1 Å². The van der Waals surface area contributed by atoms with Gasteiger partial charge in [0.2, 0.25) is 0 Å². The Labute approximate surface area is 153 Å². The molecule has 3 rings (SSSR count). The van der Waals surface area contributed by atoms with Gasteiger partial charge in [-0.2, -0.15) is 8.42 Å². The fourth-order valence-electron chi connectivity index (χ4n) is 3.57. The molecule has 2 heterocycles. The highest BCUT2D eigenvalue weighted by Crippen LogP contribution is 2.34. The molecule has 7 nitrogen and oxygen atoms in total. The SMILES string of the molecule is CC(C)[C@H]1CCN(CCc2cc(O)c(N3CC(=O)NS3(=O)=O)c(F)c2)C1. The number of likely N-dealkylation sites (tertiary alicyclic amines) is 1. The third kappa shape index (κ3) is 3.78. The predicted molar refractivity (Wildman–Crippen MR) is 95.6 cm³/mol. The standard InChI is InChI=1S/C17H24FN3O4S/c1-11(2)13-4-6-20(9-13)5-3-12-7-14(18)17(15(22)8-12)21-10-16(23)19-26(21,24)25/h7-8,11,13,22H,3-6,9-10H2,1-2H3,(H,19,23)/t13-/m0/s1. The Bertz CT molecular complexity index is 789. The first-order valence-electron chi connectivity index (χ1n) is 8.74. The molecule has 1 amide bonds. The first-order chi connectivity index (χ1) is 12.2. The highest BCUT2D eigenvalue weighted by Gasteiger charge is 2.37. The molecule has 2 aliphatic rings. The van der Waals surface area contributed by atoms with Gasteiger partial charge in [-0.3, -0.25) is 4.79 Å². The van der Waals surface area contributed by atoms with E-state index in [9.17, 15) is 22.7 Å². The number of phenols is 1. The van der Waals surface area contributed by atoms with Crippen molar-refractivity contribution in [2.75, 3.05) is 30.5 Å². The van der Waals surface area contributed by atoms with Crippen molar-refractivity contribution in [3.63, 3.8) is 0 Å². The van der Waals surface area contributed by atoms with Gasteiger partial charge in [-0.25, -0.2) is 13.4 Å². The Morgan fingerprint density at radius 2 is 2.12 bits per heavy atom. The molecule has 2 N–H and O–H groups in total. The van der Waals surface area contributed by atoms with Gasteiger partial charge in [0.15, 0.2) is 5.82 Å². The minimum absolute atomic E-state index is 0.485. The molecule has 144 valence electrons. The van der Waals surface area contributed by atoms with Crippen molar-refractivity contribution in [2.45, 2.75) is 26.7 Å². The second-order valence-corrected chi connectivity index (χ2v) is 8.92. The summed E-state index contributed by atoms with van der Waals surface area (Å²) in [7, 11) is -4.16. The summed E-state index contributed by atoms with van der Waals surface area (Å²) in [6, 6.07) is 2.59. The predicted octanol–water partition coefficient (Wildman–Crippen LogP) is 1.23. The topological polar surface area (TPSA) is 89.9 Å². The van der Waals surface area contributed by atoms with Crippen LogP contribution in [0.1, 0.15) is 25.8 Å². The fraction of sp³-hybridized carbons (Fsp3) is 0.588. The molecule has 0 radical (unpaired) electrons. The van der Waals surface area contributed by atoms with Gasteiger partial charge in [0, 0.05) is 13.1 Å². The Kier molecular flexibility index (Phi) is 5.12. The van der Waals surface area contributed by atoms with Crippen LogP contribution in [-0.4, -0.2) is 50.5 Å². The van der Waals surface area contributed by atoms with Gasteiger partial charge in [0.1, 0.15) is 18.0 Å². The van der Waals surface area contributed by atoms with Crippen LogP contribution in [0.5, 0.6) is 5.75 Å². The van der Waals surface area contributed by atoms with Crippen LogP contribution in [0.4, 0.5) is 10.1 Å². The van der Waals surface area contributed by atoms with Crippen molar-refractivity contribution in [1.29, 1.82) is 0 Å². The number of phenolic OH excluding ortho intramolecular Hbond substituents is 1. The molecule has 1 atom stereocenters. The van der Waals surface area contributed by atoms with Crippen LogP contribution in [0.2, 0.25) is 0 Å². The Hall–Kier alpha value is -1.87. The van der Waals surface area contributed by atoms with E-state index in [4.69, 9.17) is 0 Å². The molecule has 26 heavy (non-hydrogen) atoms. The molecule has 2 aliphatic heterocycles. The lowest BCUT2D eigenvalue weighted by Gasteiger charge is -2.19. The minimum atomic E-state index is -4.16. The van der Waals surface area contributed by atoms with E-state index in [1.807, 2.05) is 0 Å². The molecule has 0 spiro atoms. The lowest BCUT2D eigenvalue weighted by molar-refractivity contribution is -0.117. The summed E-state index contributed by atoms with van der Waals surface area (Å²) in [5.74, 6) is -0.794. The zero-order chi connectivity index (χ0) is 19.1. The molecule has 2 saturated heterocycles. The Morgan fingerprint density at radius 3 is 2.65 bits per heavy atom. The summed E-state index contributed by atoms with van der Waals surface area (Å²) in [5, 5.41) is 10.2. The van der Waals surface area contributed by atoms with Crippen LogP contribution in [0, 0.1) is 17.7 Å². The van der Waals surface area contributed by atoms with Gasteiger partial charge >= 0.3 is 10.2 Å². The number of halogens is 1. The molecule has 1 aromatic rings. The lowest BCUT2D eigenvalue weighted by Crippen LogP contribution is -2.30. The Balaban J connectivity index is 1.71. The van der Waals surface area contributed by atoms with Crippen molar-refractivity contribution >= 4 is 21.8 Å². The van der Waals surface area contributed by atoms with Crippen molar-refractivity contribution in [2.24, 2.45) is 11.8 Å². The number of benzene rings is 1. The van der Waals surface area contributed by atoms with Crippen molar-refractivity contribution in [3.8, 4) is 5.75 Å². The molecule has 9 heteroatoms. The minimum Gasteiger partial charge on any atom is -0.506 e. The third-order valence-corrected chi connectivity index (χ3v) is 6.52. The molecule has 2 fully saturated rings. The number of aromatic hydroxyl groups is 1. The number of anilines is 1. The average molecular weight is 385 g/mol. The van der Waals surface area contributed by atoms with E-state index < -0.39 is 39.9 Å². The van der Waals surface area contributed by atoms with Crippen molar-refractivity contribution in [1.82, 2.24) is 9.62 Å². The summed E-state index contributed by atoms with van der Waals surface area (Å²) in [6.07, 6.45) is 1.71. The van der Waals surface area contributed by atoms with Crippen LogP contribution < -0.4 is 9.03 Å². The lowest BCUT2D eigenvalue weighted by atomic mass is 9.95. The van der Waals surface area contributed by atoms with Crippen LogP contribution >= 0.6 is 0 Å². The fourth-order valence-corrected chi connectivity index (χ4v) is 4.74. The number of amides is 1. The second-order valence-electron chi connectivity index (χ2n) is 7.33. The van der Waals surface area contributed by atoms with Crippen LogP contribution in [0.25, 0.3) is 0 Å². The normalized spacial score (nSPS) is 23.0. The van der Waals surface area contributed by atoms with Gasteiger partial charge in [-0.05, 0) is 48.9 Å². The molecule has 0 aromatic heterocycles. The summed E-state index contributed by atoms with van der Waals surface area (Å²) < 4.78 is 40.5. The molecule has 0 saturated carbocycles. The van der Waals surface area contributed by atoms with Gasteiger partial charge in [0.25, 0.3) is 5.91 Å². The summed E-state index contributed by atoms with van der Waals surface area (Å²) >= 11 is 0. The van der Waals surface area contributed by atoms with Crippen molar-refractivity contribution in [3.05, 3.63) is 23.5 Å². The van der Waals surface area contributed by atoms with Gasteiger partial charge in [-0.1, -0.05) is 13.8 Å². The zero-order valence-corrected chi connectivity index (χ0v) is 15.7. The maximum Gasteiger partial charge on any atom is 0.326 e. The number of hydrogen-bond acceptors (Lipinski definition) is 5. The number of nitrogens with one attached hydrogen (secondary N) is 1. The highest BCUT2D eigenvalue weighted by molar-refractivity contribution is 7.92. The van der Waals surface area contributed by atoms with E-state index in [0.717, 1.165) is 26.1 Å². The molecule has 0 bridgehead atoms. The van der Waals surface area contributed by atoms with E-state index in [1.165, 1.54) is 12.1 Å². The second kappa shape index (κ2) is 7.03. The smallest absolute Gasteiger partial charge is 0.326 e. The summed E-state index contributed by atoms with van der Waals surface area (Å²) in [4.78, 5) is 13.6. The van der Waals surface area contributed by atoms with Crippen molar-refractivity contribution < 1.29 is 22.7 Å². The van der Waals surface area contributed by atoms with Gasteiger partial charge in [0.05, 0.1) is 0 Å². The molecule has 0 unspecified atom stereocenters. The number of rotatable bonds is 5. The van der Waals surface area contributed by atoms with E-state index >= 15 is 0 Å². The van der Waals surface area contributed by atoms with E-state index in [-0.39, 0.29) is 0 Å². The quantitative estimate of drug-likeness (QED) is 0.796. The number of carbonyl (C=O) groups excluding carboxylic acids is 1. The van der Waals surface area contributed by atoms with E-state index in [2.05, 4.69) is 18.7 Å². The number of nitrogens with zero attached hydrogens (tertiary/aromatic N) is 2. The third-order valence-electron chi connectivity index (χ3n) is 5.14. The largest absolute Gasteiger partial charge is 0.506 e. The zero-order valence-electron chi connectivity index (χ0n) is 14.9. The number of hydrogen-bond donors (Lipinski definition) is 2. The maximum atomic E-state index is 14.5.